The summed E-state index contributed by atoms with van der Waals surface area (Å²) < 4.78 is 11.7. The zero-order valence-corrected chi connectivity index (χ0v) is 11.7. The third-order valence-corrected chi connectivity index (χ3v) is 3.26. The van der Waals surface area contributed by atoms with Crippen molar-refractivity contribution in [2.75, 3.05) is 13.7 Å². The molecule has 0 amide bonds. The van der Waals surface area contributed by atoms with E-state index in [-0.39, 0.29) is 5.60 Å². The number of hydrogen-bond donors (Lipinski definition) is 1. The average molecular weight is 249 g/mol. The summed E-state index contributed by atoms with van der Waals surface area (Å²) in [6.45, 7) is 7.10. The lowest BCUT2D eigenvalue weighted by Crippen LogP contribution is -2.38. The molecule has 1 aromatic carbocycles. The molecule has 1 aromatic rings. The standard InChI is InChI=1S/C15H23NO2/c1-5-8-17-11-6-7-12-13(16-4)10-15(2,3)18-14(12)9-11/h6-7,9,13,16H,5,8,10H2,1-4H3. The predicted molar refractivity (Wildman–Crippen MR) is 73.4 cm³/mol. The lowest BCUT2D eigenvalue weighted by atomic mass is 9.90. The highest BCUT2D eigenvalue weighted by Crippen LogP contribution is 2.40. The van der Waals surface area contributed by atoms with Crippen LogP contribution >= 0.6 is 0 Å². The number of rotatable bonds is 4. The smallest absolute Gasteiger partial charge is 0.128 e. The summed E-state index contributed by atoms with van der Waals surface area (Å²) in [5.74, 6) is 1.84. The van der Waals surface area contributed by atoms with E-state index in [1.165, 1.54) is 5.56 Å². The molecular weight excluding hydrogens is 226 g/mol. The van der Waals surface area contributed by atoms with Crippen LogP contribution in [0.3, 0.4) is 0 Å². The van der Waals surface area contributed by atoms with E-state index in [1.54, 1.807) is 0 Å². The summed E-state index contributed by atoms with van der Waals surface area (Å²) >= 11 is 0. The van der Waals surface area contributed by atoms with Gasteiger partial charge in [0.05, 0.1) is 6.61 Å². The van der Waals surface area contributed by atoms with Crippen molar-refractivity contribution >= 4 is 0 Å². The Morgan fingerprint density at radius 1 is 1.44 bits per heavy atom. The molecule has 3 heteroatoms. The van der Waals surface area contributed by atoms with Crippen LogP contribution in [0.25, 0.3) is 0 Å². The van der Waals surface area contributed by atoms with Gasteiger partial charge in [0.1, 0.15) is 17.1 Å². The number of fused-ring (bicyclic) bond motifs is 1. The van der Waals surface area contributed by atoms with Gasteiger partial charge in [-0.05, 0) is 33.4 Å². The molecule has 0 fully saturated rings. The Labute approximate surface area is 109 Å². The summed E-state index contributed by atoms with van der Waals surface area (Å²) in [5, 5.41) is 3.36. The summed E-state index contributed by atoms with van der Waals surface area (Å²) in [5.41, 5.74) is 1.09. The minimum Gasteiger partial charge on any atom is -0.493 e. The second kappa shape index (κ2) is 5.19. The molecule has 2 rings (SSSR count). The second-order valence-electron chi connectivity index (χ2n) is 5.46. The van der Waals surface area contributed by atoms with E-state index >= 15 is 0 Å². The van der Waals surface area contributed by atoms with Crippen molar-refractivity contribution in [3.05, 3.63) is 23.8 Å². The molecule has 100 valence electrons. The molecule has 1 atom stereocenters. The summed E-state index contributed by atoms with van der Waals surface area (Å²) in [4.78, 5) is 0. The van der Waals surface area contributed by atoms with Gasteiger partial charge in [-0.1, -0.05) is 13.0 Å². The van der Waals surface area contributed by atoms with Crippen molar-refractivity contribution in [3.63, 3.8) is 0 Å². The van der Waals surface area contributed by atoms with E-state index in [9.17, 15) is 0 Å². The number of benzene rings is 1. The first kappa shape index (κ1) is 13.2. The fourth-order valence-corrected chi connectivity index (χ4v) is 2.40. The highest BCUT2D eigenvalue weighted by Gasteiger charge is 2.33. The normalized spacial score (nSPS) is 21.0. The van der Waals surface area contributed by atoms with Gasteiger partial charge in [-0.3, -0.25) is 0 Å². The molecule has 18 heavy (non-hydrogen) atoms. The summed E-state index contributed by atoms with van der Waals surface area (Å²) in [6.07, 6.45) is 1.99. The van der Waals surface area contributed by atoms with Crippen molar-refractivity contribution in [3.8, 4) is 11.5 Å². The van der Waals surface area contributed by atoms with E-state index in [2.05, 4.69) is 32.2 Å². The maximum absolute atomic E-state index is 6.05. The van der Waals surface area contributed by atoms with Crippen LogP contribution in [-0.4, -0.2) is 19.3 Å². The molecule has 1 aliphatic rings. The van der Waals surface area contributed by atoms with Gasteiger partial charge in [-0.25, -0.2) is 0 Å². The van der Waals surface area contributed by atoms with Crippen LogP contribution in [0.15, 0.2) is 18.2 Å². The quantitative estimate of drug-likeness (QED) is 0.888. The zero-order chi connectivity index (χ0) is 13.2. The first-order valence-corrected chi connectivity index (χ1v) is 6.69. The van der Waals surface area contributed by atoms with Crippen LogP contribution in [0.2, 0.25) is 0 Å². The van der Waals surface area contributed by atoms with Gasteiger partial charge in [-0.2, -0.15) is 0 Å². The molecule has 1 N–H and O–H groups in total. The van der Waals surface area contributed by atoms with Crippen molar-refractivity contribution in [1.82, 2.24) is 5.32 Å². The van der Waals surface area contributed by atoms with Crippen LogP contribution in [0.1, 0.15) is 45.2 Å². The van der Waals surface area contributed by atoms with E-state index in [1.807, 2.05) is 19.2 Å². The SMILES string of the molecule is CCCOc1ccc2c(c1)OC(C)(C)CC2NC. The van der Waals surface area contributed by atoms with Crippen LogP contribution in [0.4, 0.5) is 0 Å². The Bertz CT molecular complexity index is 415. The van der Waals surface area contributed by atoms with Crippen molar-refractivity contribution < 1.29 is 9.47 Å². The molecule has 1 aliphatic heterocycles. The lowest BCUT2D eigenvalue weighted by molar-refractivity contribution is 0.0671. The molecule has 1 unspecified atom stereocenters. The molecule has 0 bridgehead atoms. The van der Waals surface area contributed by atoms with E-state index in [4.69, 9.17) is 9.47 Å². The molecule has 0 aromatic heterocycles. The predicted octanol–water partition coefficient (Wildman–Crippen LogP) is 3.30. The Hall–Kier alpha value is -1.22. The molecule has 0 spiro atoms. The van der Waals surface area contributed by atoms with Gasteiger partial charge in [0, 0.05) is 24.1 Å². The number of hydrogen-bond acceptors (Lipinski definition) is 3. The lowest BCUT2D eigenvalue weighted by Gasteiger charge is -2.37. The van der Waals surface area contributed by atoms with Crippen LogP contribution in [0.5, 0.6) is 11.5 Å². The molecular formula is C15H23NO2. The van der Waals surface area contributed by atoms with Crippen LogP contribution < -0.4 is 14.8 Å². The largest absolute Gasteiger partial charge is 0.493 e. The molecule has 0 saturated carbocycles. The second-order valence-corrected chi connectivity index (χ2v) is 5.46. The van der Waals surface area contributed by atoms with E-state index in [0.717, 1.165) is 30.9 Å². The Morgan fingerprint density at radius 2 is 2.22 bits per heavy atom. The van der Waals surface area contributed by atoms with E-state index < -0.39 is 0 Å². The first-order valence-electron chi connectivity index (χ1n) is 6.69. The van der Waals surface area contributed by atoms with Gasteiger partial charge >= 0.3 is 0 Å². The van der Waals surface area contributed by atoms with Gasteiger partial charge in [0.15, 0.2) is 0 Å². The Morgan fingerprint density at radius 3 is 2.89 bits per heavy atom. The molecule has 0 saturated heterocycles. The van der Waals surface area contributed by atoms with Gasteiger partial charge in [-0.15, -0.1) is 0 Å². The molecule has 0 radical (unpaired) electrons. The maximum Gasteiger partial charge on any atom is 0.128 e. The zero-order valence-electron chi connectivity index (χ0n) is 11.7. The topological polar surface area (TPSA) is 30.5 Å². The van der Waals surface area contributed by atoms with Crippen molar-refractivity contribution in [2.45, 2.75) is 45.3 Å². The van der Waals surface area contributed by atoms with Gasteiger partial charge < -0.3 is 14.8 Å². The monoisotopic (exact) mass is 249 g/mol. The third-order valence-electron chi connectivity index (χ3n) is 3.26. The number of ether oxygens (including phenoxy) is 2. The van der Waals surface area contributed by atoms with E-state index in [0.29, 0.717) is 6.04 Å². The van der Waals surface area contributed by atoms with Gasteiger partial charge in [0.2, 0.25) is 0 Å². The fraction of sp³-hybridized carbons (Fsp3) is 0.600. The van der Waals surface area contributed by atoms with Crippen molar-refractivity contribution in [1.29, 1.82) is 0 Å². The van der Waals surface area contributed by atoms with Crippen LogP contribution in [0, 0.1) is 0 Å². The number of nitrogens with one attached hydrogen (secondary N) is 1. The molecule has 3 nitrogen and oxygen atoms in total. The average Bonchev–Trinajstić information content (AvgIpc) is 2.33. The Kier molecular flexibility index (Phi) is 3.81. The Balaban J connectivity index is 2.27. The fourth-order valence-electron chi connectivity index (χ4n) is 2.40. The minimum absolute atomic E-state index is 0.135. The third kappa shape index (κ3) is 2.78. The highest BCUT2D eigenvalue weighted by atomic mass is 16.5. The summed E-state index contributed by atoms with van der Waals surface area (Å²) in [7, 11) is 2.00. The van der Waals surface area contributed by atoms with Gasteiger partial charge in [0.25, 0.3) is 0 Å². The summed E-state index contributed by atoms with van der Waals surface area (Å²) in [6, 6.07) is 6.50. The molecule has 1 heterocycles. The van der Waals surface area contributed by atoms with Crippen LogP contribution in [-0.2, 0) is 0 Å². The minimum atomic E-state index is -0.135. The molecule has 0 aliphatic carbocycles. The maximum atomic E-state index is 6.05. The highest BCUT2D eigenvalue weighted by molar-refractivity contribution is 5.44. The van der Waals surface area contributed by atoms with Crippen molar-refractivity contribution in [2.24, 2.45) is 0 Å². The first-order chi connectivity index (χ1) is 8.55.